The summed E-state index contributed by atoms with van der Waals surface area (Å²) in [5.41, 5.74) is 10.8. The average Bonchev–Trinajstić information content (AvgIpc) is 2.34. The van der Waals surface area contributed by atoms with E-state index in [4.69, 9.17) is 16.6 Å². The van der Waals surface area contributed by atoms with Crippen LogP contribution in [0.4, 0.5) is 0 Å². The van der Waals surface area contributed by atoms with E-state index in [-0.39, 0.29) is 30.7 Å². The van der Waals surface area contributed by atoms with Gasteiger partial charge in [-0.25, -0.2) is 4.79 Å². The second-order valence-electron chi connectivity index (χ2n) is 4.96. The molecule has 7 nitrogen and oxygen atoms in total. The van der Waals surface area contributed by atoms with Crippen LogP contribution in [-0.2, 0) is 14.4 Å². The van der Waals surface area contributed by atoms with Gasteiger partial charge in [0.15, 0.2) is 0 Å². The molecule has 19 heavy (non-hydrogen) atoms. The zero-order valence-corrected chi connectivity index (χ0v) is 10.8. The normalized spacial score (nSPS) is 24.5. The van der Waals surface area contributed by atoms with Gasteiger partial charge in [0, 0.05) is 12.5 Å². The zero-order chi connectivity index (χ0) is 14.4. The fourth-order valence-electron chi connectivity index (χ4n) is 2.31. The third-order valence-corrected chi connectivity index (χ3v) is 3.45. The molecule has 1 aliphatic rings. The van der Waals surface area contributed by atoms with Gasteiger partial charge in [-0.15, -0.1) is 0 Å². The molecule has 0 aliphatic heterocycles. The Hall–Kier alpha value is -1.63. The molecule has 0 bridgehead atoms. The second kappa shape index (κ2) is 7.08. The lowest BCUT2D eigenvalue weighted by molar-refractivity contribution is -0.143. The van der Waals surface area contributed by atoms with Crippen molar-refractivity contribution in [3.05, 3.63) is 0 Å². The number of rotatable bonds is 6. The molecule has 0 heterocycles. The average molecular weight is 271 g/mol. The number of carbonyl (C=O) groups excluding carboxylic acids is 2. The van der Waals surface area contributed by atoms with Crippen LogP contribution in [0, 0.1) is 5.92 Å². The van der Waals surface area contributed by atoms with E-state index < -0.39 is 17.9 Å². The van der Waals surface area contributed by atoms with Crippen molar-refractivity contribution in [3.8, 4) is 0 Å². The van der Waals surface area contributed by atoms with Crippen LogP contribution in [0.1, 0.15) is 38.5 Å². The van der Waals surface area contributed by atoms with E-state index in [0.717, 1.165) is 19.3 Å². The first-order valence-electron chi connectivity index (χ1n) is 6.49. The lowest BCUT2D eigenvalue weighted by Crippen LogP contribution is -2.49. The molecule has 7 heteroatoms. The predicted molar refractivity (Wildman–Crippen MR) is 67.9 cm³/mol. The molecule has 6 N–H and O–H groups in total. The van der Waals surface area contributed by atoms with Gasteiger partial charge < -0.3 is 21.9 Å². The molecule has 1 rings (SSSR count). The summed E-state index contributed by atoms with van der Waals surface area (Å²) in [6.07, 6.45) is 3.29. The third-order valence-electron chi connectivity index (χ3n) is 3.45. The molecule has 1 aliphatic carbocycles. The highest BCUT2D eigenvalue weighted by Crippen LogP contribution is 2.23. The maximum atomic E-state index is 12.0. The first-order valence-corrected chi connectivity index (χ1v) is 6.49. The van der Waals surface area contributed by atoms with Crippen molar-refractivity contribution >= 4 is 17.8 Å². The van der Waals surface area contributed by atoms with E-state index in [2.05, 4.69) is 5.32 Å². The van der Waals surface area contributed by atoms with Crippen molar-refractivity contribution < 1.29 is 19.5 Å². The Morgan fingerprint density at radius 2 is 1.89 bits per heavy atom. The van der Waals surface area contributed by atoms with Gasteiger partial charge in [0.05, 0.1) is 5.92 Å². The van der Waals surface area contributed by atoms with Crippen LogP contribution >= 0.6 is 0 Å². The Morgan fingerprint density at radius 1 is 1.26 bits per heavy atom. The molecule has 3 atom stereocenters. The Labute approximate surface area is 111 Å². The van der Waals surface area contributed by atoms with E-state index in [0.29, 0.717) is 6.42 Å². The largest absolute Gasteiger partial charge is 0.480 e. The number of aliphatic carboxylic acids is 1. The van der Waals surface area contributed by atoms with Gasteiger partial charge in [-0.1, -0.05) is 12.8 Å². The van der Waals surface area contributed by atoms with Crippen LogP contribution in [0.2, 0.25) is 0 Å². The van der Waals surface area contributed by atoms with Gasteiger partial charge in [0.1, 0.15) is 6.04 Å². The van der Waals surface area contributed by atoms with Gasteiger partial charge in [-0.3, -0.25) is 9.59 Å². The summed E-state index contributed by atoms with van der Waals surface area (Å²) >= 11 is 0. The molecular weight excluding hydrogens is 250 g/mol. The molecule has 0 aromatic rings. The molecule has 0 aromatic carbocycles. The van der Waals surface area contributed by atoms with Crippen LogP contribution in [0.5, 0.6) is 0 Å². The van der Waals surface area contributed by atoms with Crippen LogP contribution in [0.25, 0.3) is 0 Å². The van der Waals surface area contributed by atoms with Gasteiger partial charge >= 0.3 is 5.97 Å². The first-order chi connectivity index (χ1) is 8.91. The lowest BCUT2D eigenvalue weighted by atomic mass is 9.84. The molecule has 0 radical (unpaired) electrons. The van der Waals surface area contributed by atoms with Gasteiger partial charge in [0.25, 0.3) is 0 Å². The number of carboxylic acids is 1. The minimum Gasteiger partial charge on any atom is -0.480 e. The number of amides is 2. The van der Waals surface area contributed by atoms with Crippen molar-refractivity contribution in [1.82, 2.24) is 5.32 Å². The molecular formula is C12H21N3O4. The highest BCUT2D eigenvalue weighted by atomic mass is 16.4. The molecule has 2 unspecified atom stereocenters. The van der Waals surface area contributed by atoms with E-state index >= 15 is 0 Å². The van der Waals surface area contributed by atoms with E-state index in [1.165, 1.54) is 0 Å². The highest BCUT2D eigenvalue weighted by Gasteiger charge is 2.31. The number of nitrogens with two attached hydrogens (primary N) is 2. The summed E-state index contributed by atoms with van der Waals surface area (Å²) in [5, 5.41) is 11.4. The summed E-state index contributed by atoms with van der Waals surface area (Å²) < 4.78 is 0. The van der Waals surface area contributed by atoms with Crippen LogP contribution in [-0.4, -0.2) is 35.0 Å². The number of carboxylic acid groups (broad SMARTS) is 1. The van der Waals surface area contributed by atoms with Gasteiger partial charge in [-0.05, 0) is 19.3 Å². The zero-order valence-electron chi connectivity index (χ0n) is 10.8. The maximum Gasteiger partial charge on any atom is 0.326 e. The summed E-state index contributed by atoms with van der Waals surface area (Å²) in [5.74, 6) is -2.44. The van der Waals surface area contributed by atoms with Crippen LogP contribution in [0.15, 0.2) is 0 Å². The minimum absolute atomic E-state index is 0.00162. The third kappa shape index (κ3) is 4.86. The molecule has 0 saturated heterocycles. The number of carbonyl (C=O) groups is 3. The van der Waals surface area contributed by atoms with Crippen LogP contribution in [0.3, 0.4) is 0 Å². The monoisotopic (exact) mass is 271 g/mol. The van der Waals surface area contributed by atoms with Gasteiger partial charge in [0.2, 0.25) is 11.8 Å². The SMILES string of the molecule is NC(=O)CC[C@H](NC(=O)C1CCCCC1N)C(=O)O. The number of hydrogen-bond acceptors (Lipinski definition) is 4. The number of nitrogens with one attached hydrogen (secondary N) is 1. The standard InChI is InChI=1S/C12H21N3O4/c13-8-4-2-1-3-7(8)11(17)15-9(12(18)19)5-6-10(14)16/h7-9H,1-6,13H2,(H2,14,16)(H,15,17)(H,18,19)/t7?,8?,9-/m0/s1. The minimum atomic E-state index is -1.17. The number of hydrogen-bond donors (Lipinski definition) is 4. The van der Waals surface area contributed by atoms with E-state index in [1.54, 1.807) is 0 Å². The van der Waals surface area contributed by atoms with Crippen molar-refractivity contribution in [3.63, 3.8) is 0 Å². The topological polar surface area (TPSA) is 136 Å². The second-order valence-corrected chi connectivity index (χ2v) is 4.96. The summed E-state index contributed by atoms with van der Waals surface area (Å²) in [6, 6.07) is -1.31. The summed E-state index contributed by atoms with van der Waals surface area (Å²) in [6.45, 7) is 0. The molecule has 0 aromatic heterocycles. The van der Waals surface area contributed by atoms with E-state index in [1.807, 2.05) is 0 Å². The van der Waals surface area contributed by atoms with Crippen molar-refractivity contribution in [2.24, 2.45) is 17.4 Å². The van der Waals surface area contributed by atoms with E-state index in [9.17, 15) is 14.4 Å². The van der Waals surface area contributed by atoms with Crippen molar-refractivity contribution in [2.45, 2.75) is 50.6 Å². The quantitative estimate of drug-likeness (QED) is 0.508. The van der Waals surface area contributed by atoms with Crippen molar-refractivity contribution in [2.75, 3.05) is 0 Å². The lowest BCUT2D eigenvalue weighted by Gasteiger charge is -2.28. The predicted octanol–water partition coefficient (Wildman–Crippen LogP) is -0.661. The maximum absolute atomic E-state index is 12.0. The number of primary amides is 1. The van der Waals surface area contributed by atoms with Crippen LogP contribution < -0.4 is 16.8 Å². The van der Waals surface area contributed by atoms with Crippen molar-refractivity contribution in [1.29, 1.82) is 0 Å². The molecule has 1 saturated carbocycles. The Balaban J connectivity index is 2.55. The first kappa shape index (κ1) is 15.4. The Bertz CT molecular complexity index is 359. The molecule has 2 amide bonds. The molecule has 1 fully saturated rings. The Morgan fingerprint density at radius 3 is 2.42 bits per heavy atom. The highest BCUT2D eigenvalue weighted by molar-refractivity contribution is 5.86. The summed E-state index contributed by atoms with van der Waals surface area (Å²) in [4.78, 5) is 33.7. The fraction of sp³-hybridized carbons (Fsp3) is 0.750. The smallest absolute Gasteiger partial charge is 0.326 e. The molecule has 0 spiro atoms. The van der Waals surface area contributed by atoms with Gasteiger partial charge in [-0.2, -0.15) is 0 Å². The fourth-order valence-corrected chi connectivity index (χ4v) is 2.31. The molecule has 108 valence electrons. The Kier molecular flexibility index (Phi) is 5.75. The summed E-state index contributed by atoms with van der Waals surface area (Å²) in [7, 11) is 0.